The highest BCUT2D eigenvalue weighted by Crippen LogP contribution is 2.70. The minimum atomic E-state index is -1.23. The van der Waals surface area contributed by atoms with Gasteiger partial charge in [-0.1, -0.05) is 12.2 Å². The Morgan fingerprint density at radius 3 is 2.73 bits per heavy atom. The van der Waals surface area contributed by atoms with Gasteiger partial charge in [-0.2, -0.15) is 0 Å². The Balaban J connectivity index is 1.65. The lowest BCUT2D eigenvalue weighted by Gasteiger charge is -2.64. The molecule has 0 aromatic carbocycles. The molecular weight excluding hydrogens is 380 g/mol. The van der Waals surface area contributed by atoms with Crippen LogP contribution in [0, 0.1) is 40.4 Å². The molecule has 1 saturated heterocycles. The summed E-state index contributed by atoms with van der Waals surface area (Å²) >= 11 is 0. The van der Waals surface area contributed by atoms with Crippen molar-refractivity contribution in [3.8, 4) is 0 Å². The Bertz CT molecular complexity index is 790. The average Bonchev–Trinajstić information content (AvgIpc) is 2.84. The summed E-state index contributed by atoms with van der Waals surface area (Å²) in [6, 6.07) is 0. The van der Waals surface area contributed by atoms with Crippen LogP contribution in [-0.2, 0) is 19.1 Å². The van der Waals surface area contributed by atoms with Gasteiger partial charge in [-0.15, -0.1) is 0 Å². The molecule has 30 heavy (non-hydrogen) atoms. The lowest BCUT2D eigenvalue weighted by atomic mass is 9.39. The number of ether oxygens (including phenoxy) is 2. The van der Waals surface area contributed by atoms with Gasteiger partial charge in [-0.25, -0.2) is 0 Å². The third-order valence-electron chi connectivity index (χ3n) is 10.2. The van der Waals surface area contributed by atoms with Crippen LogP contribution in [-0.4, -0.2) is 42.3 Å². The van der Waals surface area contributed by atoms with E-state index in [0.29, 0.717) is 44.1 Å². The van der Waals surface area contributed by atoms with Crippen molar-refractivity contribution in [3.05, 3.63) is 12.2 Å². The van der Waals surface area contributed by atoms with E-state index in [-0.39, 0.29) is 28.8 Å². The molecule has 5 aliphatic rings. The van der Waals surface area contributed by atoms with Crippen LogP contribution in [0.5, 0.6) is 0 Å². The predicted molar refractivity (Wildman–Crippen MR) is 111 cm³/mol. The van der Waals surface area contributed by atoms with Crippen LogP contribution in [0.25, 0.3) is 0 Å². The van der Waals surface area contributed by atoms with E-state index in [1.54, 1.807) is 7.11 Å². The second-order valence-electron chi connectivity index (χ2n) is 11.2. The third-order valence-corrected chi connectivity index (χ3v) is 10.2. The fourth-order valence-electron chi connectivity index (χ4n) is 8.63. The van der Waals surface area contributed by atoms with Gasteiger partial charge in [0.2, 0.25) is 0 Å². The van der Waals surface area contributed by atoms with E-state index < -0.39 is 23.2 Å². The van der Waals surface area contributed by atoms with Crippen LogP contribution in [0.1, 0.15) is 65.2 Å². The largest absolute Gasteiger partial charge is 0.388 e. The molecule has 5 rings (SSSR count). The molecule has 0 radical (unpaired) electrons. The number of methoxy groups -OCH3 is 1. The van der Waals surface area contributed by atoms with Crippen LogP contribution in [0.2, 0.25) is 0 Å². The molecule has 5 heteroatoms. The zero-order valence-corrected chi connectivity index (χ0v) is 18.6. The minimum absolute atomic E-state index is 0.0197. The van der Waals surface area contributed by atoms with Crippen molar-refractivity contribution < 1.29 is 24.2 Å². The van der Waals surface area contributed by atoms with Gasteiger partial charge >= 0.3 is 0 Å². The SMILES string of the molecule is C=C(C)[C@H]1CC[C@@]23CCO[C@H](OC)[C@H]4C[C@]5(C)C(=O)CC[C@]5(O)[C@H](C(=O)C[C@@H]2C1)[C@H]43. The summed E-state index contributed by atoms with van der Waals surface area (Å²) in [4.78, 5) is 26.7. The standard InChI is InChI=1S/C25H36O5/c1-14(2)15-5-7-24-9-10-30-22(29-4)17-13-23(3)19(27)6-8-25(23,28)21(20(17)24)18(26)12-16(24)11-15/h15-17,20-22,28H,1,5-13H2,2-4H3/t15-,16-,17-,20-,21+,22-,23+,24+,25-/m0/s1. The van der Waals surface area contributed by atoms with Crippen LogP contribution >= 0.6 is 0 Å². The van der Waals surface area contributed by atoms with Crippen molar-refractivity contribution in [2.24, 2.45) is 40.4 Å². The number of aliphatic hydroxyl groups is 1. The van der Waals surface area contributed by atoms with E-state index in [4.69, 9.17) is 9.47 Å². The van der Waals surface area contributed by atoms with Crippen LogP contribution in [0.4, 0.5) is 0 Å². The monoisotopic (exact) mass is 416 g/mol. The van der Waals surface area contributed by atoms with Crippen LogP contribution < -0.4 is 0 Å². The highest BCUT2D eigenvalue weighted by atomic mass is 16.7. The third kappa shape index (κ3) is 2.46. The molecule has 166 valence electrons. The van der Waals surface area contributed by atoms with E-state index in [9.17, 15) is 14.7 Å². The Morgan fingerprint density at radius 1 is 1.27 bits per heavy atom. The van der Waals surface area contributed by atoms with E-state index in [2.05, 4.69) is 13.5 Å². The van der Waals surface area contributed by atoms with Crippen molar-refractivity contribution in [1.82, 2.24) is 0 Å². The topological polar surface area (TPSA) is 72.8 Å². The molecule has 4 aliphatic carbocycles. The Labute approximate surface area is 179 Å². The number of rotatable bonds is 2. The normalized spacial score (nSPS) is 52.8. The van der Waals surface area contributed by atoms with Crippen molar-refractivity contribution in [1.29, 1.82) is 0 Å². The van der Waals surface area contributed by atoms with E-state index >= 15 is 0 Å². The van der Waals surface area contributed by atoms with E-state index in [0.717, 1.165) is 25.7 Å². The van der Waals surface area contributed by atoms with Gasteiger partial charge in [0.25, 0.3) is 0 Å². The maximum atomic E-state index is 13.7. The van der Waals surface area contributed by atoms with Crippen LogP contribution in [0.15, 0.2) is 12.2 Å². The van der Waals surface area contributed by atoms with Gasteiger partial charge in [0.15, 0.2) is 6.29 Å². The summed E-state index contributed by atoms with van der Waals surface area (Å²) in [6.45, 7) is 8.81. The Hall–Kier alpha value is -1.04. The second-order valence-corrected chi connectivity index (χ2v) is 11.2. The van der Waals surface area contributed by atoms with Gasteiger partial charge in [-0.05, 0) is 75.5 Å². The molecule has 1 heterocycles. The summed E-state index contributed by atoms with van der Waals surface area (Å²) in [6.07, 6.45) is 5.46. The van der Waals surface area contributed by atoms with Gasteiger partial charge in [0.05, 0.1) is 23.5 Å². The van der Waals surface area contributed by atoms with E-state index in [1.165, 1.54) is 5.57 Å². The predicted octanol–water partition coefficient (Wildman–Crippen LogP) is 3.68. The first-order chi connectivity index (χ1) is 14.2. The zero-order valence-electron chi connectivity index (χ0n) is 18.6. The molecule has 0 aromatic rings. The summed E-state index contributed by atoms with van der Waals surface area (Å²) in [7, 11) is 1.66. The van der Waals surface area contributed by atoms with E-state index in [1.807, 2.05) is 6.92 Å². The Morgan fingerprint density at radius 2 is 2.03 bits per heavy atom. The number of Topliss-reactive ketones (excluding diaryl/α,β-unsaturated/α-hetero) is 2. The quantitative estimate of drug-likeness (QED) is 0.695. The number of allylic oxidation sites excluding steroid dienone is 1. The van der Waals surface area contributed by atoms with Gasteiger partial charge in [0, 0.05) is 25.9 Å². The number of carbonyl (C=O) groups excluding carboxylic acids is 2. The summed E-state index contributed by atoms with van der Waals surface area (Å²) in [5.74, 6) is 0.522. The fraction of sp³-hybridized carbons (Fsp3) is 0.840. The second kappa shape index (κ2) is 6.73. The molecule has 1 aliphatic heterocycles. The number of carbonyl (C=O) groups is 2. The first-order valence-electron chi connectivity index (χ1n) is 11.8. The first-order valence-corrected chi connectivity index (χ1v) is 11.8. The molecule has 1 N–H and O–H groups in total. The smallest absolute Gasteiger partial charge is 0.160 e. The highest BCUT2D eigenvalue weighted by molar-refractivity contribution is 5.93. The maximum Gasteiger partial charge on any atom is 0.160 e. The molecule has 0 unspecified atom stereocenters. The number of hydrogen-bond acceptors (Lipinski definition) is 5. The molecule has 9 atom stereocenters. The molecule has 0 amide bonds. The van der Waals surface area contributed by atoms with Gasteiger partial charge < -0.3 is 14.6 Å². The molecule has 4 saturated carbocycles. The van der Waals surface area contributed by atoms with Crippen molar-refractivity contribution in [3.63, 3.8) is 0 Å². The molecule has 1 spiro atoms. The number of fused-ring (bicyclic) bond motifs is 2. The molecular formula is C25H36O5. The summed E-state index contributed by atoms with van der Waals surface area (Å²) < 4.78 is 12.0. The summed E-state index contributed by atoms with van der Waals surface area (Å²) in [5.41, 5.74) is -0.923. The maximum absolute atomic E-state index is 13.7. The highest BCUT2D eigenvalue weighted by Gasteiger charge is 2.74. The average molecular weight is 417 g/mol. The fourth-order valence-corrected chi connectivity index (χ4v) is 8.63. The molecule has 5 fully saturated rings. The van der Waals surface area contributed by atoms with Crippen molar-refractivity contribution in [2.45, 2.75) is 77.1 Å². The Kier molecular flexibility index (Phi) is 4.67. The minimum Gasteiger partial charge on any atom is -0.388 e. The van der Waals surface area contributed by atoms with Crippen molar-refractivity contribution >= 4 is 11.6 Å². The van der Waals surface area contributed by atoms with Gasteiger partial charge in [-0.3, -0.25) is 9.59 Å². The van der Waals surface area contributed by atoms with Crippen LogP contribution in [0.3, 0.4) is 0 Å². The zero-order chi connectivity index (χ0) is 21.5. The molecule has 0 bridgehead atoms. The lowest BCUT2D eigenvalue weighted by Crippen LogP contribution is -2.68. The van der Waals surface area contributed by atoms with Gasteiger partial charge in [0.1, 0.15) is 11.6 Å². The summed E-state index contributed by atoms with van der Waals surface area (Å²) in [5, 5.41) is 12.0. The molecule has 5 nitrogen and oxygen atoms in total. The van der Waals surface area contributed by atoms with Crippen molar-refractivity contribution in [2.75, 3.05) is 13.7 Å². The number of ketones is 2. The first kappa shape index (κ1) is 20.8. The molecule has 0 aromatic heterocycles. The lowest BCUT2D eigenvalue weighted by molar-refractivity contribution is -0.241. The number of hydrogen-bond donors (Lipinski definition) is 1.